The summed E-state index contributed by atoms with van der Waals surface area (Å²) in [7, 11) is 0. The number of ether oxygens (including phenoxy) is 1. The molecule has 0 bridgehead atoms. The second-order valence-corrected chi connectivity index (χ2v) is 6.47. The summed E-state index contributed by atoms with van der Waals surface area (Å²) >= 11 is 5.64. The van der Waals surface area contributed by atoms with E-state index in [1.807, 2.05) is 48.5 Å². The van der Waals surface area contributed by atoms with Crippen molar-refractivity contribution >= 4 is 44.2 Å². The summed E-state index contributed by atoms with van der Waals surface area (Å²) in [4.78, 5) is 0. The summed E-state index contributed by atoms with van der Waals surface area (Å²) in [6, 6.07) is 15.6. The van der Waals surface area contributed by atoms with Crippen LogP contribution in [0.3, 0.4) is 0 Å². The van der Waals surface area contributed by atoms with Gasteiger partial charge in [-0.05, 0) is 59.0 Å². The van der Waals surface area contributed by atoms with Crippen molar-refractivity contribution in [2.45, 2.75) is 6.10 Å². The first-order valence-corrected chi connectivity index (χ1v) is 8.06. The van der Waals surface area contributed by atoms with E-state index in [2.05, 4.69) is 43.8 Å². The molecule has 1 atom stereocenters. The van der Waals surface area contributed by atoms with Crippen LogP contribution in [0.1, 0.15) is 0 Å². The molecule has 0 saturated carbocycles. The van der Waals surface area contributed by atoms with Gasteiger partial charge in [0, 0.05) is 20.3 Å². The molecule has 0 aromatic heterocycles. The molecule has 0 aliphatic heterocycles. The van der Waals surface area contributed by atoms with Crippen molar-refractivity contribution in [1.29, 1.82) is 0 Å². The van der Waals surface area contributed by atoms with Crippen LogP contribution in [-0.4, -0.2) is 24.4 Å². The van der Waals surface area contributed by atoms with E-state index in [-0.39, 0.29) is 6.61 Å². The van der Waals surface area contributed by atoms with E-state index in [4.69, 9.17) is 4.74 Å². The third kappa shape index (κ3) is 5.30. The first-order valence-electron chi connectivity index (χ1n) is 6.19. The second-order valence-electron chi connectivity index (χ2n) is 4.31. The molecule has 2 rings (SSSR count). The average molecular weight is 448 g/mol. The predicted molar refractivity (Wildman–Crippen MR) is 93.3 cm³/mol. The van der Waals surface area contributed by atoms with E-state index < -0.39 is 6.10 Å². The highest BCUT2D eigenvalue weighted by Gasteiger charge is 2.05. The number of hydrogen-bond donors (Lipinski definition) is 2. The molecule has 20 heavy (non-hydrogen) atoms. The molecule has 106 valence electrons. The summed E-state index contributed by atoms with van der Waals surface area (Å²) in [6.45, 7) is 0.710. The fraction of sp³-hybridized carbons (Fsp3) is 0.200. The third-order valence-corrected chi connectivity index (χ3v) is 3.77. The first kappa shape index (κ1) is 15.6. The lowest BCUT2D eigenvalue weighted by atomic mass is 10.3. The van der Waals surface area contributed by atoms with E-state index >= 15 is 0 Å². The van der Waals surface area contributed by atoms with Crippen LogP contribution in [0.4, 0.5) is 5.69 Å². The smallest absolute Gasteiger partial charge is 0.120 e. The fourth-order valence-corrected chi connectivity index (χ4v) is 2.56. The maximum absolute atomic E-state index is 9.91. The molecule has 3 nitrogen and oxygen atoms in total. The zero-order valence-corrected chi connectivity index (χ0v) is 14.5. The molecule has 0 radical (unpaired) electrons. The van der Waals surface area contributed by atoms with Crippen molar-refractivity contribution in [3.8, 4) is 5.75 Å². The lowest BCUT2D eigenvalue weighted by Gasteiger charge is -2.14. The SMILES string of the molecule is OC(CNc1cccc(I)c1)COc1cccc(Br)c1. The molecule has 0 saturated heterocycles. The molecule has 0 heterocycles. The molecule has 0 spiro atoms. The van der Waals surface area contributed by atoms with Gasteiger partial charge in [-0.2, -0.15) is 0 Å². The summed E-state index contributed by atoms with van der Waals surface area (Å²) < 4.78 is 7.66. The summed E-state index contributed by atoms with van der Waals surface area (Å²) in [5, 5.41) is 13.1. The van der Waals surface area contributed by atoms with Crippen molar-refractivity contribution in [2.24, 2.45) is 0 Å². The Kier molecular flexibility index (Phi) is 6.12. The molecule has 0 aliphatic rings. The van der Waals surface area contributed by atoms with Crippen LogP contribution in [0.2, 0.25) is 0 Å². The molecular weight excluding hydrogens is 433 g/mol. The number of benzene rings is 2. The maximum atomic E-state index is 9.91. The number of aliphatic hydroxyl groups is 1. The normalized spacial score (nSPS) is 11.9. The highest BCUT2D eigenvalue weighted by atomic mass is 127. The van der Waals surface area contributed by atoms with E-state index in [0.717, 1.165) is 19.5 Å². The van der Waals surface area contributed by atoms with Crippen LogP contribution in [0, 0.1) is 3.57 Å². The molecule has 1 unspecified atom stereocenters. The van der Waals surface area contributed by atoms with E-state index in [1.54, 1.807) is 0 Å². The molecule has 0 aliphatic carbocycles. The minimum Gasteiger partial charge on any atom is -0.491 e. The van der Waals surface area contributed by atoms with Crippen LogP contribution < -0.4 is 10.1 Å². The Labute approximate surface area is 140 Å². The first-order chi connectivity index (χ1) is 9.63. The number of halogens is 2. The Hall–Kier alpha value is -0.790. The van der Waals surface area contributed by atoms with Gasteiger partial charge in [-0.3, -0.25) is 0 Å². The van der Waals surface area contributed by atoms with E-state index in [1.165, 1.54) is 0 Å². The highest BCUT2D eigenvalue weighted by Crippen LogP contribution is 2.18. The Balaban J connectivity index is 1.77. The molecule has 2 aromatic rings. The number of anilines is 1. The number of rotatable bonds is 6. The van der Waals surface area contributed by atoms with Crippen molar-refractivity contribution in [1.82, 2.24) is 0 Å². The predicted octanol–water partition coefficient (Wildman–Crippen LogP) is 3.91. The molecule has 0 fully saturated rings. The average Bonchev–Trinajstić information content (AvgIpc) is 2.43. The monoisotopic (exact) mass is 447 g/mol. The van der Waals surface area contributed by atoms with E-state index in [9.17, 15) is 5.11 Å². The van der Waals surface area contributed by atoms with E-state index in [0.29, 0.717) is 6.54 Å². The molecule has 0 amide bonds. The topological polar surface area (TPSA) is 41.5 Å². The van der Waals surface area contributed by atoms with Crippen LogP contribution in [-0.2, 0) is 0 Å². The summed E-state index contributed by atoms with van der Waals surface area (Å²) in [5.74, 6) is 0.743. The van der Waals surface area contributed by atoms with Crippen LogP contribution in [0.25, 0.3) is 0 Å². The second kappa shape index (κ2) is 7.85. The van der Waals surface area contributed by atoms with Crippen molar-refractivity contribution in [3.05, 3.63) is 56.6 Å². The largest absolute Gasteiger partial charge is 0.491 e. The summed E-state index contributed by atoms with van der Waals surface area (Å²) in [5.41, 5.74) is 0.999. The van der Waals surface area contributed by atoms with Gasteiger partial charge in [0.25, 0.3) is 0 Å². The Morgan fingerprint density at radius 2 is 2.00 bits per heavy atom. The standard InChI is InChI=1S/C15H15BrINO2/c16-11-3-1-6-15(7-11)20-10-14(19)9-18-13-5-2-4-12(17)8-13/h1-8,14,18-19H,9-10H2. The van der Waals surface area contributed by atoms with Crippen LogP contribution >= 0.6 is 38.5 Å². The van der Waals surface area contributed by atoms with Gasteiger partial charge in [-0.15, -0.1) is 0 Å². The van der Waals surface area contributed by atoms with Gasteiger partial charge in [0.15, 0.2) is 0 Å². The van der Waals surface area contributed by atoms with Crippen LogP contribution in [0.15, 0.2) is 53.0 Å². The van der Waals surface area contributed by atoms with Gasteiger partial charge in [-0.25, -0.2) is 0 Å². The van der Waals surface area contributed by atoms with Gasteiger partial charge < -0.3 is 15.2 Å². The Morgan fingerprint density at radius 3 is 2.75 bits per heavy atom. The van der Waals surface area contributed by atoms with Gasteiger partial charge >= 0.3 is 0 Å². The zero-order chi connectivity index (χ0) is 14.4. The minimum atomic E-state index is -0.563. The fourth-order valence-electron chi connectivity index (χ4n) is 1.64. The van der Waals surface area contributed by atoms with Crippen molar-refractivity contribution in [3.63, 3.8) is 0 Å². The number of hydrogen-bond acceptors (Lipinski definition) is 3. The molecule has 5 heteroatoms. The van der Waals surface area contributed by atoms with Gasteiger partial charge in [0.1, 0.15) is 18.5 Å². The summed E-state index contributed by atoms with van der Waals surface area (Å²) in [6.07, 6.45) is -0.563. The third-order valence-electron chi connectivity index (χ3n) is 2.60. The van der Waals surface area contributed by atoms with Gasteiger partial charge in [0.2, 0.25) is 0 Å². The molecule has 2 aromatic carbocycles. The minimum absolute atomic E-state index is 0.257. The molecule has 2 N–H and O–H groups in total. The lowest BCUT2D eigenvalue weighted by molar-refractivity contribution is 0.117. The quantitative estimate of drug-likeness (QED) is 0.660. The Bertz CT molecular complexity index is 516. The van der Waals surface area contributed by atoms with Crippen molar-refractivity contribution in [2.75, 3.05) is 18.5 Å². The zero-order valence-electron chi connectivity index (χ0n) is 10.7. The lowest BCUT2D eigenvalue weighted by Crippen LogP contribution is -2.26. The van der Waals surface area contributed by atoms with Crippen LogP contribution in [0.5, 0.6) is 5.75 Å². The molecular formula is C15H15BrINO2. The number of nitrogens with one attached hydrogen (secondary N) is 1. The van der Waals surface area contributed by atoms with Gasteiger partial charge in [-0.1, -0.05) is 28.1 Å². The Morgan fingerprint density at radius 1 is 1.20 bits per heavy atom. The van der Waals surface area contributed by atoms with Gasteiger partial charge in [0.05, 0.1) is 0 Å². The maximum Gasteiger partial charge on any atom is 0.120 e. The number of aliphatic hydroxyl groups excluding tert-OH is 1. The highest BCUT2D eigenvalue weighted by molar-refractivity contribution is 14.1. The van der Waals surface area contributed by atoms with Crippen molar-refractivity contribution < 1.29 is 9.84 Å².